The van der Waals surface area contributed by atoms with Gasteiger partial charge in [-0.2, -0.15) is 0 Å². The Labute approximate surface area is 136 Å². The molecule has 23 heavy (non-hydrogen) atoms. The molecule has 1 aliphatic heterocycles. The molecule has 0 aromatic heterocycles. The number of nitrogens with one attached hydrogen (secondary N) is 1. The molecule has 1 saturated heterocycles. The van der Waals surface area contributed by atoms with E-state index < -0.39 is 0 Å². The first-order valence-electron chi connectivity index (χ1n) is 8.32. The Bertz CT molecular complexity index is 576. The maximum absolute atomic E-state index is 12.3. The highest BCUT2D eigenvalue weighted by molar-refractivity contribution is 6.05. The van der Waals surface area contributed by atoms with E-state index in [2.05, 4.69) is 5.32 Å². The number of fused-ring (bicyclic) bond motifs is 1. The molecule has 2 fully saturated rings. The summed E-state index contributed by atoms with van der Waals surface area (Å²) in [5, 5.41) is 2.83. The standard InChI is InChI=1S/C18H22N2O3/c21-16(19-12-13-6-2-1-3-7-13)10-11-20-17(22)14-8-4-5-9-15(14)18(20)23/h1-3,6-7,14-15H,4-5,8-12H2,(H,19,21). The number of carbonyl (C=O) groups is 3. The van der Waals surface area contributed by atoms with Crippen LogP contribution < -0.4 is 5.32 Å². The molecule has 0 bridgehead atoms. The number of amides is 3. The van der Waals surface area contributed by atoms with Crippen LogP contribution in [0.3, 0.4) is 0 Å². The van der Waals surface area contributed by atoms with E-state index in [1.807, 2.05) is 30.3 Å². The molecule has 0 radical (unpaired) electrons. The van der Waals surface area contributed by atoms with Gasteiger partial charge >= 0.3 is 0 Å². The molecule has 5 heteroatoms. The van der Waals surface area contributed by atoms with Crippen molar-refractivity contribution < 1.29 is 14.4 Å². The molecular weight excluding hydrogens is 292 g/mol. The zero-order chi connectivity index (χ0) is 16.2. The molecule has 1 aliphatic carbocycles. The summed E-state index contributed by atoms with van der Waals surface area (Å²) >= 11 is 0. The third kappa shape index (κ3) is 3.44. The molecule has 1 aromatic rings. The Morgan fingerprint density at radius 2 is 1.65 bits per heavy atom. The van der Waals surface area contributed by atoms with Crippen LogP contribution in [0.25, 0.3) is 0 Å². The minimum Gasteiger partial charge on any atom is -0.352 e. The van der Waals surface area contributed by atoms with Gasteiger partial charge in [0.1, 0.15) is 0 Å². The first-order chi connectivity index (χ1) is 11.2. The summed E-state index contributed by atoms with van der Waals surface area (Å²) in [4.78, 5) is 37.9. The second-order valence-corrected chi connectivity index (χ2v) is 6.34. The van der Waals surface area contributed by atoms with Crippen molar-refractivity contribution in [1.29, 1.82) is 0 Å². The van der Waals surface area contributed by atoms with Gasteiger partial charge in [0.15, 0.2) is 0 Å². The van der Waals surface area contributed by atoms with Crippen molar-refractivity contribution in [2.75, 3.05) is 6.54 Å². The fourth-order valence-electron chi connectivity index (χ4n) is 3.55. The lowest BCUT2D eigenvalue weighted by atomic mass is 9.81. The van der Waals surface area contributed by atoms with E-state index in [0.29, 0.717) is 6.54 Å². The topological polar surface area (TPSA) is 66.5 Å². The lowest BCUT2D eigenvalue weighted by Crippen LogP contribution is -2.35. The predicted molar refractivity (Wildman–Crippen MR) is 85.1 cm³/mol. The van der Waals surface area contributed by atoms with Crippen molar-refractivity contribution >= 4 is 17.7 Å². The molecule has 122 valence electrons. The average molecular weight is 314 g/mol. The Balaban J connectivity index is 1.49. The molecule has 2 atom stereocenters. The first kappa shape index (κ1) is 15.7. The zero-order valence-electron chi connectivity index (χ0n) is 13.2. The fourth-order valence-corrected chi connectivity index (χ4v) is 3.55. The lowest BCUT2D eigenvalue weighted by Gasteiger charge is -2.19. The van der Waals surface area contributed by atoms with Crippen molar-refractivity contribution in [3.8, 4) is 0 Å². The molecule has 3 rings (SSSR count). The fraction of sp³-hybridized carbons (Fsp3) is 0.500. The quantitative estimate of drug-likeness (QED) is 0.844. The van der Waals surface area contributed by atoms with Crippen molar-refractivity contribution in [3.05, 3.63) is 35.9 Å². The number of benzene rings is 1. The number of nitrogens with zero attached hydrogens (tertiary/aromatic N) is 1. The highest BCUT2D eigenvalue weighted by atomic mass is 16.2. The summed E-state index contributed by atoms with van der Waals surface area (Å²) in [6.07, 6.45) is 3.83. The number of rotatable bonds is 5. The molecule has 2 aliphatic rings. The van der Waals surface area contributed by atoms with E-state index in [9.17, 15) is 14.4 Å². The zero-order valence-corrected chi connectivity index (χ0v) is 13.2. The van der Waals surface area contributed by atoms with E-state index in [4.69, 9.17) is 0 Å². The van der Waals surface area contributed by atoms with E-state index in [-0.39, 0.29) is 42.5 Å². The Morgan fingerprint density at radius 3 is 2.26 bits per heavy atom. The molecule has 0 spiro atoms. The highest BCUT2D eigenvalue weighted by Crippen LogP contribution is 2.37. The molecule has 1 aromatic carbocycles. The highest BCUT2D eigenvalue weighted by Gasteiger charge is 2.47. The summed E-state index contributed by atoms with van der Waals surface area (Å²) in [7, 11) is 0. The van der Waals surface area contributed by atoms with Gasteiger partial charge in [0.05, 0.1) is 11.8 Å². The molecule has 2 unspecified atom stereocenters. The summed E-state index contributed by atoms with van der Waals surface area (Å²) in [5.41, 5.74) is 1.03. The van der Waals surface area contributed by atoms with Crippen LogP contribution >= 0.6 is 0 Å². The van der Waals surface area contributed by atoms with E-state index in [1.54, 1.807) is 0 Å². The Kier molecular flexibility index (Phi) is 4.74. The van der Waals surface area contributed by atoms with Crippen molar-refractivity contribution in [1.82, 2.24) is 10.2 Å². The molecule has 3 amide bonds. The van der Waals surface area contributed by atoms with Gasteiger partial charge in [-0.25, -0.2) is 0 Å². The van der Waals surface area contributed by atoms with Crippen LogP contribution in [0.15, 0.2) is 30.3 Å². The molecule has 5 nitrogen and oxygen atoms in total. The van der Waals surface area contributed by atoms with Gasteiger partial charge in [-0.1, -0.05) is 43.2 Å². The van der Waals surface area contributed by atoms with Crippen LogP contribution in [0.4, 0.5) is 0 Å². The van der Waals surface area contributed by atoms with Crippen LogP contribution in [0, 0.1) is 11.8 Å². The minimum atomic E-state index is -0.136. The van der Waals surface area contributed by atoms with Gasteiger partial charge in [0, 0.05) is 19.5 Å². The summed E-state index contributed by atoms with van der Waals surface area (Å²) in [6, 6.07) is 9.65. The van der Waals surface area contributed by atoms with Gasteiger partial charge < -0.3 is 5.32 Å². The number of carbonyl (C=O) groups excluding carboxylic acids is 3. The largest absolute Gasteiger partial charge is 0.352 e. The number of hydrogen-bond acceptors (Lipinski definition) is 3. The minimum absolute atomic E-state index is 0.0736. The third-order valence-electron chi connectivity index (χ3n) is 4.83. The SMILES string of the molecule is O=C(CCN1C(=O)C2CCCCC2C1=O)NCc1ccccc1. The monoisotopic (exact) mass is 314 g/mol. The third-order valence-corrected chi connectivity index (χ3v) is 4.83. The molecule has 1 saturated carbocycles. The van der Waals surface area contributed by atoms with Gasteiger partial charge in [-0.3, -0.25) is 19.3 Å². The van der Waals surface area contributed by atoms with Crippen LogP contribution in [-0.4, -0.2) is 29.2 Å². The van der Waals surface area contributed by atoms with E-state index >= 15 is 0 Å². The van der Waals surface area contributed by atoms with Crippen molar-refractivity contribution in [3.63, 3.8) is 0 Å². The average Bonchev–Trinajstić information content (AvgIpc) is 2.83. The van der Waals surface area contributed by atoms with Crippen LogP contribution in [0.2, 0.25) is 0 Å². The smallest absolute Gasteiger partial charge is 0.233 e. The van der Waals surface area contributed by atoms with Gasteiger partial charge in [-0.15, -0.1) is 0 Å². The number of hydrogen-bond donors (Lipinski definition) is 1. The molecular formula is C18H22N2O3. The predicted octanol–water partition coefficient (Wildman–Crippen LogP) is 1.87. The van der Waals surface area contributed by atoms with Crippen LogP contribution in [0.5, 0.6) is 0 Å². The Hall–Kier alpha value is -2.17. The van der Waals surface area contributed by atoms with Crippen molar-refractivity contribution in [2.24, 2.45) is 11.8 Å². The van der Waals surface area contributed by atoms with Crippen molar-refractivity contribution in [2.45, 2.75) is 38.6 Å². The summed E-state index contributed by atoms with van der Waals surface area (Å²) in [5.74, 6) is -0.553. The van der Waals surface area contributed by atoms with Gasteiger partial charge in [0.2, 0.25) is 17.7 Å². The summed E-state index contributed by atoms with van der Waals surface area (Å²) in [6.45, 7) is 0.665. The molecule has 1 N–H and O–H groups in total. The lowest BCUT2D eigenvalue weighted by molar-refractivity contribution is -0.140. The maximum atomic E-state index is 12.3. The van der Waals surface area contributed by atoms with E-state index in [1.165, 1.54) is 4.90 Å². The second-order valence-electron chi connectivity index (χ2n) is 6.34. The molecule has 1 heterocycles. The van der Waals surface area contributed by atoms with Crippen LogP contribution in [0.1, 0.15) is 37.7 Å². The number of imide groups is 1. The summed E-state index contributed by atoms with van der Waals surface area (Å²) < 4.78 is 0. The number of likely N-dealkylation sites (tertiary alicyclic amines) is 1. The maximum Gasteiger partial charge on any atom is 0.233 e. The van der Waals surface area contributed by atoms with Crippen LogP contribution in [-0.2, 0) is 20.9 Å². The normalized spacial score (nSPS) is 23.7. The second kappa shape index (κ2) is 6.94. The van der Waals surface area contributed by atoms with E-state index in [0.717, 1.165) is 31.2 Å². The van der Waals surface area contributed by atoms with Gasteiger partial charge in [0.25, 0.3) is 0 Å². The Morgan fingerprint density at radius 1 is 1.04 bits per heavy atom. The first-order valence-corrected chi connectivity index (χ1v) is 8.32. The van der Waals surface area contributed by atoms with Gasteiger partial charge in [-0.05, 0) is 18.4 Å².